The Kier molecular flexibility index (Phi) is 3.59. The average Bonchev–Trinajstić information content (AvgIpc) is 2.96. The lowest BCUT2D eigenvalue weighted by atomic mass is 10.0. The van der Waals surface area contributed by atoms with Crippen LogP contribution in [0.15, 0.2) is 0 Å². The van der Waals surface area contributed by atoms with E-state index in [0.717, 1.165) is 30.9 Å². The molecule has 1 fully saturated rings. The molecule has 0 radical (unpaired) electrons. The van der Waals surface area contributed by atoms with Crippen LogP contribution in [-0.2, 0) is 0 Å². The SMILES string of the molecule is CC(N)CCCC(C)c1n[nH]c(C2CC2)n1. The van der Waals surface area contributed by atoms with Gasteiger partial charge in [-0.3, -0.25) is 5.10 Å². The van der Waals surface area contributed by atoms with E-state index in [1.807, 2.05) is 0 Å². The predicted octanol–water partition coefficient (Wildman–Crippen LogP) is 2.30. The minimum atomic E-state index is 0.307. The van der Waals surface area contributed by atoms with Crippen molar-refractivity contribution in [3.8, 4) is 0 Å². The van der Waals surface area contributed by atoms with E-state index >= 15 is 0 Å². The van der Waals surface area contributed by atoms with Crippen LogP contribution < -0.4 is 5.73 Å². The first kappa shape index (κ1) is 11.6. The Balaban J connectivity index is 1.80. The van der Waals surface area contributed by atoms with E-state index in [2.05, 4.69) is 29.0 Å². The molecule has 0 spiro atoms. The van der Waals surface area contributed by atoms with Gasteiger partial charge in [-0.25, -0.2) is 4.98 Å². The van der Waals surface area contributed by atoms with Gasteiger partial charge in [0.1, 0.15) is 5.82 Å². The van der Waals surface area contributed by atoms with Gasteiger partial charge in [0.25, 0.3) is 0 Å². The Hall–Kier alpha value is -0.900. The van der Waals surface area contributed by atoms with Gasteiger partial charge in [-0.05, 0) is 32.6 Å². The Morgan fingerprint density at radius 1 is 1.38 bits per heavy atom. The van der Waals surface area contributed by atoms with Gasteiger partial charge in [-0.1, -0.05) is 13.3 Å². The third-order valence-corrected chi connectivity index (χ3v) is 3.22. The zero-order chi connectivity index (χ0) is 11.5. The van der Waals surface area contributed by atoms with Crippen molar-refractivity contribution in [1.82, 2.24) is 15.2 Å². The van der Waals surface area contributed by atoms with Gasteiger partial charge in [0.2, 0.25) is 0 Å². The highest BCUT2D eigenvalue weighted by Crippen LogP contribution is 2.38. The normalized spacial score (nSPS) is 19.7. The van der Waals surface area contributed by atoms with Gasteiger partial charge in [0.15, 0.2) is 5.82 Å². The van der Waals surface area contributed by atoms with Gasteiger partial charge >= 0.3 is 0 Å². The Bertz CT molecular complexity index is 328. The summed E-state index contributed by atoms with van der Waals surface area (Å²) in [5.74, 6) is 3.18. The van der Waals surface area contributed by atoms with Gasteiger partial charge in [-0.15, -0.1) is 0 Å². The Labute approximate surface area is 97.0 Å². The fraction of sp³-hybridized carbons (Fsp3) is 0.833. The highest BCUT2D eigenvalue weighted by atomic mass is 15.2. The predicted molar refractivity (Wildman–Crippen MR) is 64.3 cm³/mol. The first-order valence-corrected chi connectivity index (χ1v) is 6.34. The van der Waals surface area contributed by atoms with E-state index in [1.165, 1.54) is 12.8 Å². The summed E-state index contributed by atoms with van der Waals surface area (Å²) in [5, 5.41) is 7.37. The topological polar surface area (TPSA) is 67.6 Å². The molecule has 4 heteroatoms. The minimum absolute atomic E-state index is 0.307. The second kappa shape index (κ2) is 4.95. The molecule has 3 N–H and O–H groups in total. The maximum absolute atomic E-state index is 5.73. The molecule has 4 nitrogen and oxygen atoms in total. The van der Waals surface area contributed by atoms with E-state index < -0.39 is 0 Å². The molecule has 1 aromatic heterocycles. The first-order valence-electron chi connectivity index (χ1n) is 6.34. The van der Waals surface area contributed by atoms with Crippen LogP contribution in [0.4, 0.5) is 0 Å². The molecule has 0 amide bonds. The maximum atomic E-state index is 5.73. The summed E-state index contributed by atoms with van der Waals surface area (Å²) in [6.45, 7) is 4.25. The number of hydrogen-bond acceptors (Lipinski definition) is 3. The van der Waals surface area contributed by atoms with Gasteiger partial charge < -0.3 is 5.73 Å². The van der Waals surface area contributed by atoms with Crippen LogP contribution in [0.25, 0.3) is 0 Å². The lowest BCUT2D eigenvalue weighted by Gasteiger charge is -2.08. The molecule has 2 atom stereocenters. The van der Waals surface area contributed by atoms with Crippen molar-refractivity contribution in [2.24, 2.45) is 5.73 Å². The number of aromatic nitrogens is 3. The van der Waals surface area contributed by atoms with Crippen LogP contribution in [0.5, 0.6) is 0 Å². The number of hydrogen-bond donors (Lipinski definition) is 2. The molecule has 2 unspecified atom stereocenters. The first-order chi connectivity index (χ1) is 7.66. The highest BCUT2D eigenvalue weighted by molar-refractivity contribution is 5.06. The van der Waals surface area contributed by atoms with Crippen molar-refractivity contribution in [2.45, 2.75) is 63.8 Å². The van der Waals surface area contributed by atoms with Crippen molar-refractivity contribution < 1.29 is 0 Å². The number of rotatable bonds is 6. The standard InChI is InChI=1S/C12H22N4/c1-8(4-3-5-9(2)13)11-14-12(16-15-11)10-6-7-10/h8-10H,3-7,13H2,1-2H3,(H,14,15,16). The minimum Gasteiger partial charge on any atom is -0.328 e. The van der Waals surface area contributed by atoms with Crippen LogP contribution >= 0.6 is 0 Å². The van der Waals surface area contributed by atoms with E-state index in [0.29, 0.717) is 17.9 Å². The summed E-state index contributed by atoms with van der Waals surface area (Å²) >= 11 is 0. The molecule has 0 aromatic carbocycles. The number of H-pyrrole nitrogens is 1. The molecule has 0 bridgehead atoms. The molecule has 0 aliphatic heterocycles. The molecule has 1 aliphatic carbocycles. The van der Waals surface area contributed by atoms with Gasteiger partial charge in [0.05, 0.1) is 0 Å². The fourth-order valence-corrected chi connectivity index (χ4v) is 1.92. The number of nitrogens with zero attached hydrogens (tertiary/aromatic N) is 2. The summed E-state index contributed by atoms with van der Waals surface area (Å²) in [6, 6.07) is 0.307. The van der Waals surface area contributed by atoms with Crippen molar-refractivity contribution in [3.63, 3.8) is 0 Å². The van der Waals surface area contributed by atoms with Crippen molar-refractivity contribution in [1.29, 1.82) is 0 Å². The maximum Gasteiger partial charge on any atom is 0.153 e. The van der Waals surface area contributed by atoms with E-state index in [9.17, 15) is 0 Å². The lowest BCUT2D eigenvalue weighted by Crippen LogP contribution is -2.14. The molecular formula is C12H22N4. The number of aromatic amines is 1. The monoisotopic (exact) mass is 222 g/mol. The van der Waals surface area contributed by atoms with Crippen LogP contribution in [0, 0.1) is 0 Å². The van der Waals surface area contributed by atoms with Crippen LogP contribution in [0.1, 0.15) is 69.4 Å². The quantitative estimate of drug-likeness (QED) is 0.776. The Morgan fingerprint density at radius 3 is 2.75 bits per heavy atom. The molecule has 1 aromatic rings. The second-order valence-corrected chi connectivity index (χ2v) is 5.16. The van der Waals surface area contributed by atoms with Gasteiger partial charge in [0, 0.05) is 17.9 Å². The second-order valence-electron chi connectivity index (χ2n) is 5.16. The van der Waals surface area contributed by atoms with Crippen molar-refractivity contribution in [3.05, 3.63) is 11.6 Å². The third kappa shape index (κ3) is 3.04. The summed E-state index contributed by atoms with van der Waals surface area (Å²) in [6.07, 6.45) is 5.92. The summed E-state index contributed by atoms with van der Waals surface area (Å²) in [4.78, 5) is 4.57. The molecule has 16 heavy (non-hydrogen) atoms. The van der Waals surface area contributed by atoms with Crippen molar-refractivity contribution >= 4 is 0 Å². The van der Waals surface area contributed by atoms with Crippen molar-refractivity contribution in [2.75, 3.05) is 0 Å². The molecule has 0 saturated heterocycles. The third-order valence-electron chi connectivity index (χ3n) is 3.22. The molecule has 90 valence electrons. The Morgan fingerprint density at radius 2 is 2.12 bits per heavy atom. The molecule has 1 aliphatic rings. The highest BCUT2D eigenvalue weighted by Gasteiger charge is 2.27. The largest absolute Gasteiger partial charge is 0.328 e. The number of nitrogens with one attached hydrogen (secondary N) is 1. The van der Waals surface area contributed by atoms with Crippen LogP contribution in [0.3, 0.4) is 0 Å². The number of nitrogens with two attached hydrogens (primary N) is 1. The summed E-state index contributed by atoms with van der Waals surface area (Å²) < 4.78 is 0. The van der Waals surface area contributed by atoms with E-state index in [1.54, 1.807) is 0 Å². The average molecular weight is 222 g/mol. The molecule has 1 saturated carbocycles. The summed E-state index contributed by atoms with van der Waals surface area (Å²) in [7, 11) is 0. The van der Waals surface area contributed by atoms with Gasteiger partial charge in [-0.2, -0.15) is 5.10 Å². The molecule has 2 rings (SSSR count). The molecular weight excluding hydrogens is 200 g/mol. The zero-order valence-corrected chi connectivity index (χ0v) is 10.2. The summed E-state index contributed by atoms with van der Waals surface area (Å²) in [5.41, 5.74) is 5.73. The smallest absolute Gasteiger partial charge is 0.153 e. The van der Waals surface area contributed by atoms with Crippen LogP contribution in [-0.4, -0.2) is 21.2 Å². The molecule has 1 heterocycles. The van der Waals surface area contributed by atoms with Crippen LogP contribution in [0.2, 0.25) is 0 Å². The fourth-order valence-electron chi connectivity index (χ4n) is 1.92. The lowest BCUT2D eigenvalue weighted by molar-refractivity contribution is 0.544. The zero-order valence-electron chi connectivity index (χ0n) is 10.2. The van der Waals surface area contributed by atoms with E-state index in [4.69, 9.17) is 5.73 Å². The van der Waals surface area contributed by atoms with E-state index in [-0.39, 0.29) is 0 Å².